The zero-order valence-electron chi connectivity index (χ0n) is 15.3. The Bertz CT molecular complexity index is 1280. The molecular weight excluding hydrogens is 379 g/mol. The number of ether oxygens (including phenoxy) is 1. The Morgan fingerprint density at radius 2 is 1.71 bits per heavy atom. The van der Waals surface area contributed by atoms with Gasteiger partial charge in [0, 0.05) is 23.6 Å². The zero-order chi connectivity index (χ0) is 19.9. The number of pyridine rings is 1. The second kappa shape index (κ2) is 6.76. The Kier molecular flexibility index (Phi) is 4.39. The summed E-state index contributed by atoms with van der Waals surface area (Å²) in [5.74, 6) is -0.318. The number of aromatic nitrogens is 2. The first-order valence-corrected chi connectivity index (χ1v) is 10.4. The minimum atomic E-state index is -3.29. The molecule has 0 aliphatic rings. The molecule has 0 saturated heterocycles. The zero-order valence-corrected chi connectivity index (χ0v) is 16.1. The lowest BCUT2D eigenvalue weighted by molar-refractivity contribution is 0.386. The van der Waals surface area contributed by atoms with E-state index in [0.717, 1.165) is 11.3 Å². The van der Waals surface area contributed by atoms with Crippen molar-refractivity contribution in [3.05, 3.63) is 72.7 Å². The number of benzene rings is 2. The average molecular weight is 396 g/mol. The van der Waals surface area contributed by atoms with Gasteiger partial charge in [-0.15, -0.1) is 0 Å². The summed E-state index contributed by atoms with van der Waals surface area (Å²) in [5.41, 5.74) is 3.43. The molecule has 0 amide bonds. The molecule has 0 spiro atoms. The normalized spacial score (nSPS) is 11.7. The first-order valence-electron chi connectivity index (χ1n) is 8.50. The standard InChI is InChI=1S/C21H17FN2O3S/c1-27-18-11-8-15(13-17(18)22)20-21(24-12-4-3-5-19(24)23-20)14-6-9-16(10-7-14)28(2,25)26/h3-13H,1-2H3. The number of halogens is 1. The molecule has 0 fully saturated rings. The van der Waals surface area contributed by atoms with Gasteiger partial charge < -0.3 is 4.74 Å². The fraction of sp³-hybridized carbons (Fsp3) is 0.0952. The Balaban J connectivity index is 1.95. The van der Waals surface area contributed by atoms with E-state index in [4.69, 9.17) is 4.74 Å². The Morgan fingerprint density at radius 1 is 1.00 bits per heavy atom. The number of fused-ring (bicyclic) bond motifs is 1. The molecule has 5 nitrogen and oxygen atoms in total. The monoisotopic (exact) mass is 396 g/mol. The van der Waals surface area contributed by atoms with Gasteiger partial charge in [-0.05, 0) is 42.5 Å². The third-order valence-corrected chi connectivity index (χ3v) is 5.64. The molecule has 2 heterocycles. The largest absolute Gasteiger partial charge is 0.494 e. The highest BCUT2D eigenvalue weighted by Crippen LogP contribution is 2.34. The average Bonchev–Trinajstić information content (AvgIpc) is 3.07. The molecule has 2 aromatic carbocycles. The molecule has 0 atom stereocenters. The highest BCUT2D eigenvalue weighted by atomic mass is 32.2. The van der Waals surface area contributed by atoms with E-state index in [0.29, 0.717) is 16.9 Å². The van der Waals surface area contributed by atoms with Crippen LogP contribution in [0.25, 0.3) is 28.2 Å². The minimum absolute atomic E-state index is 0.159. The summed E-state index contributed by atoms with van der Waals surface area (Å²) in [5, 5.41) is 0. The van der Waals surface area contributed by atoms with Crippen LogP contribution in [0, 0.1) is 5.82 Å². The summed E-state index contributed by atoms with van der Waals surface area (Å²) in [4.78, 5) is 4.90. The van der Waals surface area contributed by atoms with E-state index >= 15 is 0 Å². The van der Waals surface area contributed by atoms with E-state index < -0.39 is 15.7 Å². The second-order valence-electron chi connectivity index (χ2n) is 6.38. The van der Waals surface area contributed by atoms with E-state index in [9.17, 15) is 12.8 Å². The first kappa shape index (κ1) is 18.2. The van der Waals surface area contributed by atoms with Gasteiger partial charge in [-0.1, -0.05) is 18.2 Å². The molecule has 2 aromatic heterocycles. The molecule has 28 heavy (non-hydrogen) atoms. The molecule has 0 unspecified atom stereocenters. The predicted octanol–water partition coefficient (Wildman–Crippen LogP) is 4.22. The van der Waals surface area contributed by atoms with Crippen LogP contribution in [0.5, 0.6) is 5.75 Å². The van der Waals surface area contributed by atoms with Gasteiger partial charge in [0.15, 0.2) is 21.4 Å². The van der Waals surface area contributed by atoms with Crippen molar-refractivity contribution < 1.29 is 17.5 Å². The van der Waals surface area contributed by atoms with Gasteiger partial charge >= 0.3 is 0 Å². The number of hydrogen-bond acceptors (Lipinski definition) is 4. The van der Waals surface area contributed by atoms with Gasteiger partial charge in [0.2, 0.25) is 0 Å². The topological polar surface area (TPSA) is 60.7 Å². The van der Waals surface area contributed by atoms with Crippen LogP contribution in [-0.4, -0.2) is 31.2 Å². The molecule has 0 bridgehead atoms. The summed E-state index contributed by atoms with van der Waals surface area (Å²) in [6, 6.07) is 16.9. The second-order valence-corrected chi connectivity index (χ2v) is 8.40. The molecule has 7 heteroatoms. The van der Waals surface area contributed by atoms with Crippen molar-refractivity contribution in [1.29, 1.82) is 0 Å². The lowest BCUT2D eigenvalue weighted by Gasteiger charge is -2.08. The van der Waals surface area contributed by atoms with Crippen LogP contribution in [0.15, 0.2) is 71.8 Å². The van der Waals surface area contributed by atoms with Gasteiger partial charge in [0.25, 0.3) is 0 Å². The molecule has 4 aromatic rings. The molecule has 0 N–H and O–H groups in total. The van der Waals surface area contributed by atoms with Gasteiger partial charge in [-0.3, -0.25) is 4.40 Å². The molecule has 142 valence electrons. The SMILES string of the molecule is COc1ccc(-c2nc3ccccn3c2-c2ccc(S(C)(=O)=O)cc2)cc1F. The Labute approximate surface area is 162 Å². The third kappa shape index (κ3) is 3.14. The fourth-order valence-corrected chi connectivity index (χ4v) is 3.78. The number of imidazole rings is 1. The van der Waals surface area contributed by atoms with Crippen molar-refractivity contribution in [1.82, 2.24) is 9.38 Å². The molecular formula is C21H17FN2O3S. The molecule has 0 aliphatic carbocycles. The highest BCUT2D eigenvalue weighted by molar-refractivity contribution is 7.90. The summed E-state index contributed by atoms with van der Waals surface area (Å²) >= 11 is 0. The van der Waals surface area contributed by atoms with Crippen LogP contribution in [0.1, 0.15) is 0 Å². The molecule has 0 saturated carbocycles. The number of methoxy groups -OCH3 is 1. The Morgan fingerprint density at radius 3 is 2.36 bits per heavy atom. The maximum atomic E-state index is 14.3. The third-order valence-electron chi connectivity index (χ3n) is 4.51. The van der Waals surface area contributed by atoms with Gasteiger partial charge in [0.1, 0.15) is 5.65 Å². The van der Waals surface area contributed by atoms with Crippen molar-refractivity contribution in [2.24, 2.45) is 0 Å². The van der Waals surface area contributed by atoms with Crippen molar-refractivity contribution in [2.75, 3.05) is 13.4 Å². The van der Waals surface area contributed by atoms with Crippen molar-refractivity contribution in [2.45, 2.75) is 4.90 Å². The predicted molar refractivity (Wildman–Crippen MR) is 106 cm³/mol. The van der Waals surface area contributed by atoms with E-state index in [-0.39, 0.29) is 10.6 Å². The lowest BCUT2D eigenvalue weighted by Crippen LogP contribution is -1.97. The fourth-order valence-electron chi connectivity index (χ4n) is 3.15. The van der Waals surface area contributed by atoms with Crippen LogP contribution in [0.2, 0.25) is 0 Å². The highest BCUT2D eigenvalue weighted by Gasteiger charge is 2.18. The summed E-state index contributed by atoms with van der Waals surface area (Å²) < 4.78 is 44.7. The number of hydrogen-bond donors (Lipinski definition) is 0. The van der Waals surface area contributed by atoms with E-state index in [2.05, 4.69) is 4.98 Å². The lowest BCUT2D eigenvalue weighted by atomic mass is 10.0. The smallest absolute Gasteiger partial charge is 0.175 e. The number of nitrogens with zero attached hydrogens (tertiary/aromatic N) is 2. The number of sulfone groups is 1. The number of rotatable bonds is 4. The molecule has 0 radical (unpaired) electrons. The summed E-state index contributed by atoms with van der Waals surface area (Å²) in [6.07, 6.45) is 3.04. The summed E-state index contributed by atoms with van der Waals surface area (Å²) in [7, 11) is -1.88. The van der Waals surface area contributed by atoms with Gasteiger partial charge in [-0.25, -0.2) is 17.8 Å². The van der Waals surface area contributed by atoms with E-state index in [1.165, 1.54) is 19.4 Å². The van der Waals surface area contributed by atoms with E-state index in [1.54, 1.807) is 36.4 Å². The maximum absolute atomic E-state index is 14.3. The van der Waals surface area contributed by atoms with E-state index in [1.807, 2.05) is 28.8 Å². The van der Waals surface area contributed by atoms with Crippen molar-refractivity contribution in [3.8, 4) is 28.3 Å². The molecule has 4 rings (SSSR count). The summed E-state index contributed by atoms with van der Waals surface area (Å²) in [6.45, 7) is 0. The first-order chi connectivity index (χ1) is 13.4. The maximum Gasteiger partial charge on any atom is 0.175 e. The van der Waals surface area contributed by atoms with Gasteiger partial charge in [-0.2, -0.15) is 0 Å². The Hall–Kier alpha value is -3.19. The quantitative estimate of drug-likeness (QED) is 0.518. The van der Waals surface area contributed by atoms with Crippen molar-refractivity contribution in [3.63, 3.8) is 0 Å². The van der Waals surface area contributed by atoms with Crippen LogP contribution in [-0.2, 0) is 9.84 Å². The van der Waals surface area contributed by atoms with Crippen LogP contribution >= 0.6 is 0 Å². The van der Waals surface area contributed by atoms with Gasteiger partial charge in [0.05, 0.1) is 23.4 Å². The van der Waals surface area contributed by atoms with Crippen LogP contribution < -0.4 is 4.74 Å². The minimum Gasteiger partial charge on any atom is -0.494 e. The molecule has 0 aliphatic heterocycles. The van der Waals surface area contributed by atoms with Crippen LogP contribution in [0.4, 0.5) is 4.39 Å². The van der Waals surface area contributed by atoms with Crippen molar-refractivity contribution >= 4 is 15.5 Å². The van der Waals surface area contributed by atoms with Crippen LogP contribution in [0.3, 0.4) is 0 Å².